The van der Waals surface area contributed by atoms with Crippen molar-refractivity contribution < 1.29 is 29.4 Å². The van der Waals surface area contributed by atoms with E-state index in [2.05, 4.69) is 20.6 Å². The number of nitrogens with one attached hydrogen (secondary N) is 3. The lowest BCUT2D eigenvalue weighted by Gasteiger charge is -2.29. The Morgan fingerprint density at radius 1 is 1.27 bits per heavy atom. The maximum absolute atomic E-state index is 12.9. The van der Waals surface area contributed by atoms with Crippen molar-refractivity contribution in [1.29, 1.82) is 0 Å². The fourth-order valence-corrected chi connectivity index (χ4v) is 3.85. The molecular weight excluding hydrogens is 432 g/mol. The number of rotatable bonds is 11. The van der Waals surface area contributed by atoms with Crippen LogP contribution >= 0.6 is 0 Å². The first kappa shape index (κ1) is 26.3. The molecule has 0 saturated carbocycles. The second-order valence-electron chi connectivity index (χ2n) is 8.83. The fourth-order valence-electron chi connectivity index (χ4n) is 3.85. The van der Waals surface area contributed by atoms with Crippen LogP contribution < -0.4 is 16.4 Å². The highest BCUT2D eigenvalue weighted by atomic mass is 16.4. The zero-order chi connectivity index (χ0) is 24.7. The summed E-state index contributed by atoms with van der Waals surface area (Å²) in [6.45, 7) is 5.30. The molecule has 1 aromatic heterocycles. The number of aromatic amines is 1. The number of nitrogens with zero attached hydrogens (tertiary/aromatic N) is 2. The number of H-pyrrole nitrogens is 1. The van der Waals surface area contributed by atoms with E-state index >= 15 is 0 Å². The lowest BCUT2D eigenvalue weighted by Crippen LogP contribution is -2.59. The summed E-state index contributed by atoms with van der Waals surface area (Å²) in [5.41, 5.74) is 6.73. The van der Waals surface area contributed by atoms with E-state index in [9.17, 15) is 29.4 Å². The maximum atomic E-state index is 12.9. The van der Waals surface area contributed by atoms with Crippen molar-refractivity contribution in [3.8, 4) is 0 Å². The van der Waals surface area contributed by atoms with E-state index in [1.54, 1.807) is 6.20 Å². The molecule has 5 atom stereocenters. The van der Waals surface area contributed by atoms with Crippen LogP contribution in [0.3, 0.4) is 0 Å². The number of carboxylic acid groups (broad SMARTS) is 1. The minimum Gasteiger partial charge on any atom is -0.480 e. The molecule has 0 aromatic carbocycles. The number of amides is 3. The Hall–Kier alpha value is -2.99. The molecule has 1 saturated heterocycles. The van der Waals surface area contributed by atoms with Crippen molar-refractivity contribution in [2.75, 3.05) is 6.54 Å². The first-order valence-electron chi connectivity index (χ1n) is 11.1. The molecule has 1 fully saturated rings. The molecule has 33 heavy (non-hydrogen) atoms. The topological polar surface area (TPSA) is 191 Å². The van der Waals surface area contributed by atoms with Gasteiger partial charge in [-0.3, -0.25) is 14.4 Å². The average molecular weight is 467 g/mol. The predicted molar refractivity (Wildman–Crippen MR) is 118 cm³/mol. The van der Waals surface area contributed by atoms with Gasteiger partial charge in [0, 0.05) is 24.9 Å². The summed E-state index contributed by atoms with van der Waals surface area (Å²) in [5, 5.41) is 24.3. The number of imidazole rings is 1. The van der Waals surface area contributed by atoms with Gasteiger partial charge in [-0.2, -0.15) is 0 Å². The fraction of sp³-hybridized carbons (Fsp3) is 0.667. The van der Waals surface area contributed by atoms with Crippen molar-refractivity contribution in [3.05, 3.63) is 18.2 Å². The molecule has 5 unspecified atom stereocenters. The third kappa shape index (κ3) is 7.26. The number of hydrogen-bond donors (Lipinski definition) is 6. The monoisotopic (exact) mass is 466 g/mol. The van der Waals surface area contributed by atoms with Crippen LogP contribution in [-0.4, -0.2) is 85.6 Å². The largest absolute Gasteiger partial charge is 0.480 e. The van der Waals surface area contributed by atoms with Gasteiger partial charge in [0.25, 0.3) is 0 Å². The quantitative estimate of drug-likeness (QED) is 0.233. The Bertz CT molecular complexity index is 827. The molecule has 1 aliphatic rings. The van der Waals surface area contributed by atoms with E-state index in [-0.39, 0.29) is 18.8 Å². The maximum Gasteiger partial charge on any atom is 0.326 e. The van der Waals surface area contributed by atoms with Crippen LogP contribution in [0.4, 0.5) is 0 Å². The number of carboxylic acids is 1. The highest BCUT2D eigenvalue weighted by Crippen LogP contribution is 2.19. The normalized spacial score (nSPS) is 19.6. The summed E-state index contributed by atoms with van der Waals surface area (Å²) in [4.78, 5) is 58.1. The Labute approximate surface area is 192 Å². The number of hydrogen-bond acceptors (Lipinski definition) is 7. The van der Waals surface area contributed by atoms with Crippen molar-refractivity contribution in [2.45, 2.75) is 76.7 Å². The van der Waals surface area contributed by atoms with Gasteiger partial charge in [-0.1, -0.05) is 13.8 Å². The molecule has 1 aliphatic heterocycles. The number of carbonyl (C=O) groups excluding carboxylic acids is 3. The number of nitrogens with two attached hydrogens (primary N) is 1. The van der Waals surface area contributed by atoms with Crippen molar-refractivity contribution in [2.24, 2.45) is 11.7 Å². The van der Waals surface area contributed by atoms with Gasteiger partial charge in [0.1, 0.15) is 18.1 Å². The van der Waals surface area contributed by atoms with E-state index in [1.165, 1.54) is 18.2 Å². The van der Waals surface area contributed by atoms with Crippen LogP contribution in [0.25, 0.3) is 0 Å². The molecule has 7 N–H and O–H groups in total. The Kier molecular flexibility index (Phi) is 9.35. The van der Waals surface area contributed by atoms with Gasteiger partial charge in [-0.25, -0.2) is 9.78 Å². The minimum atomic E-state index is -1.37. The van der Waals surface area contributed by atoms with Crippen LogP contribution in [0.15, 0.2) is 12.5 Å². The van der Waals surface area contributed by atoms with E-state index in [4.69, 9.17) is 5.73 Å². The van der Waals surface area contributed by atoms with E-state index in [0.717, 1.165) is 0 Å². The Morgan fingerprint density at radius 3 is 2.52 bits per heavy atom. The van der Waals surface area contributed by atoms with E-state index < -0.39 is 54.0 Å². The smallest absolute Gasteiger partial charge is 0.326 e. The molecule has 2 heterocycles. The highest BCUT2D eigenvalue weighted by molar-refractivity contribution is 5.94. The van der Waals surface area contributed by atoms with Gasteiger partial charge in [0.15, 0.2) is 0 Å². The molecule has 0 radical (unpaired) electrons. The summed E-state index contributed by atoms with van der Waals surface area (Å²) in [5.74, 6) is -3.01. The molecule has 1 aromatic rings. The van der Waals surface area contributed by atoms with Gasteiger partial charge in [-0.05, 0) is 32.1 Å². The minimum absolute atomic E-state index is 0.00928. The third-order valence-electron chi connectivity index (χ3n) is 5.53. The molecule has 12 nitrogen and oxygen atoms in total. The van der Waals surface area contributed by atoms with Crippen molar-refractivity contribution in [3.63, 3.8) is 0 Å². The molecule has 0 bridgehead atoms. The number of aliphatic carboxylic acids is 1. The molecule has 2 rings (SSSR count). The van der Waals surface area contributed by atoms with Crippen LogP contribution in [-0.2, 0) is 25.6 Å². The summed E-state index contributed by atoms with van der Waals surface area (Å²) in [6, 6.07) is -4.24. The summed E-state index contributed by atoms with van der Waals surface area (Å²) < 4.78 is 0. The summed E-state index contributed by atoms with van der Waals surface area (Å²) >= 11 is 0. The highest BCUT2D eigenvalue weighted by Gasteiger charge is 2.39. The van der Waals surface area contributed by atoms with Gasteiger partial charge >= 0.3 is 5.97 Å². The molecule has 184 valence electrons. The number of carbonyl (C=O) groups is 4. The molecule has 12 heteroatoms. The number of likely N-dealkylation sites (tertiary alicyclic amines) is 1. The molecule has 3 amide bonds. The van der Waals surface area contributed by atoms with Gasteiger partial charge in [0.05, 0.1) is 18.5 Å². The number of aromatic nitrogens is 2. The summed E-state index contributed by atoms with van der Waals surface area (Å²) in [7, 11) is 0. The lowest BCUT2D eigenvalue weighted by molar-refractivity contribution is -0.144. The van der Waals surface area contributed by atoms with Crippen LogP contribution in [0.5, 0.6) is 0 Å². The second kappa shape index (κ2) is 11.8. The average Bonchev–Trinajstić information content (AvgIpc) is 3.41. The first-order valence-corrected chi connectivity index (χ1v) is 11.1. The van der Waals surface area contributed by atoms with E-state index in [1.807, 2.05) is 13.8 Å². The third-order valence-corrected chi connectivity index (χ3v) is 5.53. The van der Waals surface area contributed by atoms with Crippen molar-refractivity contribution >= 4 is 23.7 Å². The molecule has 0 spiro atoms. The van der Waals surface area contributed by atoms with Gasteiger partial charge < -0.3 is 36.5 Å². The zero-order valence-electron chi connectivity index (χ0n) is 19.2. The molecule has 0 aliphatic carbocycles. The lowest BCUT2D eigenvalue weighted by atomic mass is 10.0. The van der Waals surface area contributed by atoms with Crippen LogP contribution in [0.2, 0.25) is 0 Å². The van der Waals surface area contributed by atoms with Crippen molar-refractivity contribution in [1.82, 2.24) is 25.5 Å². The summed E-state index contributed by atoms with van der Waals surface area (Å²) in [6.07, 6.45) is 3.16. The molecular formula is C21H34N6O6. The van der Waals surface area contributed by atoms with Gasteiger partial charge in [0.2, 0.25) is 17.7 Å². The van der Waals surface area contributed by atoms with Crippen LogP contribution in [0.1, 0.15) is 45.7 Å². The first-order chi connectivity index (χ1) is 15.5. The Balaban J connectivity index is 2.05. The SMILES string of the molecule is CC(C)CC(NC(=O)C(NC(=O)C1CCCN1C(=O)C(N)Cc1cnc[nH]1)C(C)O)C(=O)O. The zero-order valence-corrected chi connectivity index (χ0v) is 19.2. The van der Waals surface area contributed by atoms with Gasteiger partial charge in [-0.15, -0.1) is 0 Å². The second-order valence-corrected chi connectivity index (χ2v) is 8.83. The van der Waals surface area contributed by atoms with E-state index in [0.29, 0.717) is 25.1 Å². The Morgan fingerprint density at radius 2 is 1.97 bits per heavy atom. The number of aliphatic hydroxyl groups excluding tert-OH is 1. The van der Waals surface area contributed by atoms with Crippen LogP contribution in [0, 0.1) is 5.92 Å². The predicted octanol–water partition coefficient (Wildman–Crippen LogP) is -1.25. The number of aliphatic hydroxyl groups is 1. The standard InChI is InChI=1S/C21H34N6O6/c1-11(2)7-15(21(32)33)25-19(30)17(12(3)28)26-18(29)16-5-4-6-27(16)20(31)14(22)8-13-9-23-10-24-13/h9-12,14-17,28H,4-8,22H2,1-3H3,(H,23,24)(H,25,30)(H,26,29)(H,32,33).